The van der Waals surface area contributed by atoms with Crippen molar-refractivity contribution in [2.24, 2.45) is 0 Å². The van der Waals surface area contributed by atoms with Crippen LogP contribution in [0.3, 0.4) is 0 Å². The number of amides is 2. The number of anilines is 1. The first-order valence-electron chi connectivity index (χ1n) is 8.15. The summed E-state index contributed by atoms with van der Waals surface area (Å²) in [4.78, 5) is 25.4. The Hall–Kier alpha value is -2.27. The molecule has 8 heteroatoms. The third-order valence-electron chi connectivity index (χ3n) is 4.13. The topological polar surface area (TPSA) is 82.0 Å². The highest BCUT2D eigenvalue weighted by atomic mass is 35.5. The molecule has 1 aliphatic heterocycles. The zero-order valence-electron chi connectivity index (χ0n) is 14.4. The van der Waals surface area contributed by atoms with E-state index in [9.17, 15) is 14.9 Å². The van der Waals surface area contributed by atoms with Crippen molar-refractivity contribution in [1.29, 1.82) is 5.26 Å². The first kappa shape index (κ1) is 19.5. The van der Waals surface area contributed by atoms with Gasteiger partial charge >= 0.3 is 0 Å². The van der Waals surface area contributed by atoms with Gasteiger partial charge in [-0.05, 0) is 36.1 Å². The molecule has 0 fully saturated rings. The highest BCUT2D eigenvalue weighted by Gasteiger charge is 2.30. The lowest BCUT2D eigenvalue weighted by atomic mass is 9.93. The van der Waals surface area contributed by atoms with Crippen LogP contribution in [-0.4, -0.2) is 17.6 Å². The summed E-state index contributed by atoms with van der Waals surface area (Å²) in [7, 11) is 0. The van der Waals surface area contributed by atoms with Gasteiger partial charge in [-0.25, -0.2) is 0 Å². The highest BCUT2D eigenvalue weighted by Crippen LogP contribution is 2.37. The summed E-state index contributed by atoms with van der Waals surface area (Å²) in [6, 6.07) is 11.3. The molecule has 1 aromatic carbocycles. The molecule has 27 heavy (non-hydrogen) atoms. The Balaban J connectivity index is 1.73. The van der Waals surface area contributed by atoms with Crippen molar-refractivity contribution < 1.29 is 9.59 Å². The number of hydrogen-bond donors (Lipinski definition) is 2. The maximum atomic E-state index is 12.3. The minimum atomic E-state index is -0.260. The average molecular weight is 418 g/mol. The summed E-state index contributed by atoms with van der Waals surface area (Å²) < 4.78 is 0. The Labute approximate surface area is 170 Å². The number of carbonyl (C=O) groups excluding carboxylic acids is 2. The Morgan fingerprint density at radius 1 is 1.44 bits per heavy atom. The smallest absolute Gasteiger partial charge is 0.234 e. The summed E-state index contributed by atoms with van der Waals surface area (Å²) in [6.45, 7) is 1.83. The zero-order valence-corrected chi connectivity index (χ0v) is 16.8. The van der Waals surface area contributed by atoms with E-state index in [4.69, 9.17) is 11.6 Å². The van der Waals surface area contributed by atoms with Crippen molar-refractivity contribution in [3.8, 4) is 6.07 Å². The van der Waals surface area contributed by atoms with Gasteiger partial charge in [-0.1, -0.05) is 35.5 Å². The molecule has 0 bridgehead atoms. The van der Waals surface area contributed by atoms with E-state index in [1.54, 1.807) is 18.2 Å². The Morgan fingerprint density at radius 3 is 2.96 bits per heavy atom. The fraction of sp³-hybridized carbons (Fsp3) is 0.211. The van der Waals surface area contributed by atoms with Crippen LogP contribution in [0.5, 0.6) is 0 Å². The quantitative estimate of drug-likeness (QED) is 0.754. The molecule has 138 valence electrons. The van der Waals surface area contributed by atoms with Gasteiger partial charge in [0, 0.05) is 27.9 Å². The molecule has 0 radical (unpaired) electrons. The second-order valence-corrected chi connectivity index (χ2v) is 8.30. The van der Waals surface area contributed by atoms with E-state index >= 15 is 0 Å². The molecule has 2 N–H and O–H groups in total. The third-order valence-corrected chi connectivity index (χ3v) is 6.54. The molecule has 0 unspecified atom stereocenters. The lowest BCUT2D eigenvalue weighted by Crippen LogP contribution is -2.31. The molecule has 2 amide bonds. The fourth-order valence-corrected chi connectivity index (χ4v) is 4.62. The van der Waals surface area contributed by atoms with Crippen molar-refractivity contribution >= 4 is 52.2 Å². The number of hydrogen-bond acceptors (Lipinski definition) is 5. The summed E-state index contributed by atoms with van der Waals surface area (Å²) in [6.07, 6.45) is 0.237. The minimum absolute atomic E-state index is 0.0733. The maximum absolute atomic E-state index is 12.3. The first-order chi connectivity index (χ1) is 13.0. The monoisotopic (exact) mass is 417 g/mol. The molecular weight excluding hydrogens is 402 g/mol. The highest BCUT2D eigenvalue weighted by molar-refractivity contribution is 8.03. The zero-order chi connectivity index (χ0) is 19.4. The van der Waals surface area contributed by atoms with Crippen molar-refractivity contribution in [3.63, 3.8) is 0 Å². The first-order valence-corrected chi connectivity index (χ1v) is 10.4. The number of rotatable bonds is 5. The van der Waals surface area contributed by atoms with E-state index in [-0.39, 0.29) is 29.9 Å². The molecule has 0 spiro atoms. The molecule has 1 atom stereocenters. The predicted octanol–water partition coefficient (Wildman–Crippen LogP) is 4.42. The van der Waals surface area contributed by atoms with Gasteiger partial charge in [0.1, 0.15) is 0 Å². The Kier molecular flexibility index (Phi) is 6.22. The van der Waals surface area contributed by atoms with Gasteiger partial charge in [0.05, 0.1) is 22.4 Å². The number of nitriles is 1. The van der Waals surface area contributed by atoms with Crippen molar-refractivity contribution in [2.45, 2.75) is 19.3 Å². The van der Waals surface area contributed by atoms with E-state index in [2.05, 4.69) is 16.7 Å². The number of nitrogens with zero attached hydrogens (tertiary/aromatic N) is 1. The van der Waals surface area contributed by atoms with Crippen LogP contribution in [-0.2, 0) is 9.59 Å². The number of allylic oxidation sites excluding steroid dienone is 1. The van der Waals surface area contributed by atoms with E-state index in [0.29, 0.717) is 21.3 Å². The van der Waals surface area contributed by atoms with Crippen LogP contribution in [0.25, 0.3) is 0 Å². The molecular formula is C19H16ClN3O2S2. The normalized spacial score (nSPS) is 16.6. The molecule has 1 aromatic heterocycles. The van der Waals surface area contributed by atoms with E-state index < -0.39 is 0 Å². The van der Waals surface area contributed by atoms with Crippen molar-refractivity contribution in [2.75, 3.05) is 11.1 Å². The van der Waals surface area contributed by atoms with Crippen LogP contribution in [0.15, 0.2) is 46.3 Å². The largest absolute Gasteiger partial charge is 0.325 e. The van der Waals surface area contributed by atoms with Gasteiger partial charge in [-0.2, -0.15) is 5.26 Å². The third kappa shape index (κ3) is 4.53. The van der Waals surface area contributed by atoms with E-state index in [0.717, 1.165) is 22.2 Å². The van der Waals surface area contributed by atoms with Crippen molar-refractivity contribution in [3.05, 3.63) is 61.8 Å². The molecule has 0 aliphatic carbocycles. The second kappa shape index (κ2) is 8.61. The lowest BCUT2D eigenvalue weighted by molar-refractivity contribution is -0.121. The number of thiophene rings is 1. The average Bonchev–Trinajstić information content (AvgIpc) is 3.18. The van der Waals surface area contributed by atoms with Crippen molar-refractivity contribution in [1.82, 2.24) is 5.32 Å². The molecule has 2 heterocycles. The van der Waals surface area contributed by atoms with E-state index in [1.807, 2.05) is 24.4 Å². The number of carbonyl (C=O) groups is 2. The van der Waals surface area contributed by atoms with Crippen LogP contribution >= 0.6 is 34.7 Å². The van der Waals surface area contributed by atoms with Crippen LogP contribution in [0.4, 0.5) is 5.69 Å². The molecule has 5 nitrogen and oxygen atoms in total. The van der Waals surface area contributed by atoms with Gasteiger partial charge in [0.25, 0.3) is 0 Å². The number of halogens is 1. The lowest BCUT2D eigenvalue weighted by Gasteiger charge is -2.23. The Bertz CT molecular complexity index is 948. The summed E-state index contributed by atoms with van der Waals surface area (Å²) in [5.41, 5.74) is 1.93. The SMILES string of the molecule is Cc1c(Cl)cccc1NC(=O)CSC1=C(C#N)[C@@H](c2cccs2)CC(=O)N1. The molecule has 0 saturated heterocycles. The molecule has 3 rings (SSSR count). The summed E-state index contributed by atoms with van der Waals surface area (Å²) >= 11 is 8.74. The van der Waals surface area contributed by atoms with Crippen LogP contribution < -0.4 is 10.6 Å². The fourth-order valence-electron chi connectivity index (χ4n) is 2.73. The number of thioether (sulfide) groups is 1. The number of benzene rings is 1. The molecule has 0 saturated carbocycles. The van der Waals surface area contributed by atoms with Gasteiger partial charge in [0.15, 0.2) is 0 Å². The molecule has 2 aromatic rings. The minimum Gasteiger partial charge on any atom is -0.325 e. The Morgan fingerprint density at radius 2 is 2.26 bits per heavy atom. The predicted molar refractivity (Wildman–Crippen MR) is 110 cm³/mol. The van der Waals surface area contributed by atoms with E-state index in [1.165, 1.54) is 11.3 Å². The standard InChI is InChI=1S/C19H16ClN3O2S2/c1-11-14(20)4-2-5-15(11)22-18(25)10-27-19-13(9-21)12(8-17(24)23-19)16-6-3-7-26-16/h2-7,12H,8,10H2,1H3,(H,22,25)(H,23,24)/t12-/m0/s1. The van der Waals surface area contributed by atoms with Gasteiger partial charge in [-0.3, -0.25) is 9.59 Å². The number of nitrogens with one attached hydrogen (secondary N) is 2. The van der Waals surface area contributed by atoms with Crippen LogP contribution in [0, 0.1) is 18.3 Å². The second-order valence-electron chi connectivity index (χ2n) is 5.92. The molecule has 1 aliphatic rings. The van der Waals surface area contributed by atoms with Crippen LogP contribution in [0.1, 0.15) is 22.8 Å². The van der Waals surface area contributed by atoms with Gasteiger partial charge < -0.3 is 10.6 Å². The van der Waals surface area contributed by atoms with Crippen LogP contribution in [0.2, 0.25) is 5.02 Å². The van der Waals surface area contributed by atoms with Gasteiger partial charge in [0.2, 0.25) is 11.8 Å². The summed E-state index contributed by atoms with van der Waals surface area (Å²) in [5, 5.41) is 18.1. The van der Waals surface area contributed by atoms with Gasteiger partial charge in [-0.15, -0.1) is 11.3 Å². The summed E-state index contributed by atoms with van der Waals surface area (Å²) in [5.74, 6) is -0.572. The maximum Gasteiger partial charge on any atom is 0.234 e.